The summed E-state index contributed by atoms with van der Waals surface area (Å²) in [5, 5.41) is 13.7. The summed E-state index contributed by atoms with van der Waals surface area (Å²) in [7, 11) is 0. The maximum atomic E-state index is 13.2. The number of nitrogens with one attached hydrogen (secondary N) is 2. The van der Waals surface area contributed by atoms with E-state index in [1.165, 1.54) is 10.5 Å². The average Bonchev–Trinajstić information content (AvgIpc) is 3.14. The molecular weight excluding hydrogens is 364 g/mol. The smallest absolute Gasteiger partial charge is 0.258 e. The van der Waals surface area contributed by atoms with Crippen LogP contribution >= 0.6 is 0 Å². The van der Waals surface area contributed by atoms with E-state index in [9.17, 15) is 4.79 Å². The number of fused-ring (bicyclic) bond motifs is 1. The van der Waals surface area contributed by atoms with Crippen LogP contribution in [0, 0.1) is 12.8 Å². The molecule has 2 N–H and O–H groups in total. The Balaban J connectivity index is 1.89. The highest BCUT2D eigenvalue weighted by molar-refractivity contribution is 5.79. The van der Waals surface area contributed by atoms with Gasteiger partial charge in [0.15, 0.2) is 6.04 Å². The van der Waals surface area contributed by atoms with Gasteiger partial charge in [0.25, 0.3) is 5.56 Å². The number of likely N-dealkylation sites (tertiary alicyclic amines) is 1. The first-order chi connectivity index (χ1) is 13.7. The first-order valence-corrected chi connectivity index (χ1v) is 10.5. The van der Waals surface area contributed by atoms with Crippen LogP contribution in [0.1, 0.15) is 63.5 Å². The van der Waals surface area contributed by atoms with Crippen LogP contribution in [-0.2, 0) is 5.54 Å². The maximum absolute atomic E-state index is 13.2. The lowest BCUT2D eigenvalue weighted by atomic mass is 9.95. The Morgan fingerprint density at radius 2 is 1.93 bits per heavy atom. The summed E-state index contributed by atoms with van der Waals surface area (Å²) in [5.74, 6) is 1.48. The average molecular weight is 396 g/mol. The lowest BCUT2D eigenvalue weighted by molar-refractivity contribution is -0.932. The zero-order chi connectivity index (χ0) is 20.8. The van der Waals surface area contributed by atoms with Crippen molar-refractivity contribution < 1.29 is 4.90 Å². The molecule has 29 heavy (non-hydrogen) atoms. The first-order valence-electron chi connectivity index (χ1n) is 10.5. The van der Waals surface area contributed by atoms with Crippen molar-refractivity contribution in [2.75, 3.05) is 13.1 Å². The Hall–Kier alpha value is -2.54. The van der Waals surface area contributed by atoms with Gasteiger partial charge in [0.1, 0.15) is 0 Å². The second kappa shape index (κ2) is 7.37. The van der Waals surface area contributed by atoms with Crippen LogP contribution in [0.5, 0.6) is 0 Å². The molecule has 0 spiro atoms. The van der Waals surface area contributed by atoms with Crippen molar-refractivity contribution in [1.82, 2.24) is 25.2 Å². The molecule has 0 aliphatic carbocycles. The predicted molar refractivity (Wildman–Crippen MR) is 113 cm³/mol. The van der Waals surface area contributed by atoms with Gasteiger partial charge in [-0.1, -0.05) is 18.6 Å². The van der Waals surface area contributed by atoms with Gasteiger partial charge >= 0.3 is 0 Å². The number of rotatable bonds is 3. The molecule has 4 rings (SSSR count). The summed E-state index contributed by atoms with van der Waals surface area (Å²) >= 11 is 0. The van der Waals surface area contributed by atoms with Gasteiger partial charge in [0.05, 0.1) is 24.2 Å². The second-order valence-electron chi connectivity index (χ2n) is 9.54. The molecule has 1 aliphatic rings. The van der Waals surface area contributed by atoms with E-state index in [2.05, 4.69) is 61.2 Å². The van der Waals surface area contributed by atoms with Gasteiger partial charge in [-0.3, -0.25) is 4.79 Å². The van der Waals surface area contributed by atoms with Gasteiger partial charge < -0.3 is 9.88 Å². The highest BCUT2D eigenvalue weighted by Crippen LogP contribution is 2.24. The Bertz CT molecular complexity index is 1070. The third-order valence-electron chi connectivity index (χ3n) is 6.05. The maximum Gasteiger partial charge on any atom is 0.258 e. The molecule has 2 aromatic heterocycles. The van der Waals surface area contributed by atoms with Gasteiger partial charge in [-0.15, -0.1) is 5.10 Å². The van der Waals surface area contributed by atoms with Crippen molar-refractivity contribution in [1.29, 1.82) is 0 Å². The van der Waals surface area contributed by atoms with E-state index in [1.807, 2.05) is 22.9 Å². The molecule has 3 heterocycles. The van der Waals surface area contributed by atoms with E-state index in [4.69, 9.17) is 0 Å². The minimum absolute atomic E-state index is 0.0547. The van der Waals surface area contributed by atoms with Gasteiger partial charge in [0, 0.05) is 5.52 Å². The van der Waals surface area contributed by atoms with Crippen molar-refractivity contribution in [3.05, 3.63) is 51.6 Å². The van der Waals surface area contributed by atoms with Crippen molar-refractivity contribution in [2.45, 2.75) is 59.0 Å². The van der Waals surface area contributed by atoms with Crippen LogP contribution in [0.15, 0.2) is 29.1 Å². The lowest BCUT2D eigenvalue weighted by Crippen LogP contribution is -3.13. The van der Waals surface area contributed by atoms with E-state index in [0.717, 1.165) is 54.1 Å². The Morgan fingerprint density at radius 3 is 2.62 bits per heavy atom. The Labute approximate surface area is 171 Å². The van der Waals surface area contributed by atoms with Crippen LogP contribution in [0.3, 0.4) is 0 Å². The summed E-state index contributed by atoms with van der Waals surface area (Å²) in [6.45, 7) is 12.7. The number of piperidine rings is 1. The molecule has 0 saturated carbocycles. The normalized spacial score (nSPS) is 21.4. The summed E-state index contributed by atoms with van der Waals surface area (Å²) in [4.78, 5) is 17.6. The van der Waals surface area contributed by atoms with Crippen LogP contribution < -0.4 is 10.5 Å². The molecule has 1 aromatic carbocycles. The van der Waals surface area contributed by atoms with E-state index in [0.29, 0.717) is 0 Å². The largest absolute Gasteiger partial charge is 0.322 e. The van der Waals surface area contributed by atoms with E-state index < -0.39 is 0 Å². The van der Waals surface area contributed by atoms with Crippen LogP contribution in [0.2, 0.25) is 0 Å². The summed E-state index contributed by atoms with van der Waals surface area (Å²) in [5.41, 5.74) is 2.46. The molecule has 0 amide bonds. The van der Waals surface area contributed by atoms with E-state index >= 15 is 0 Å². The minimum atomic E-state index is -0.264. The molecule has 1 atom stereocenters. The van der Waals surface area contributed by atoms with Gasteiger partial charge in [0.2, 0.25) is 5.82 Å². The molecule has 0 radical (unpaired) electrons. The molecule has 1 fully saturated rings. The molecule has 1 saturated heterocycles. The third kappa shape index (κ3) is 3.83. The van der Waals surface area contributed by atoms with Crippen molar-refractivity contribution in [2.24, 2.45) is 5.92 Å². The third-order valence-corrected chi connectivity index (χ3v) is 6.05. The molecule has 0 unspecified atom stereocenters. The highest BCUT2D eigenvalue weighted by atomic mass is 16.1. The minimum Gasteiger partial charge on any atom is -0.322 e. The quantitative estimate of drug-likeness (QED) is 0.711. The van der Waals surface area contributed by atoms with Gasteiger partial charge in [-0.05, 0) is 80.5 Å². The summed E-state index contributed by atoms with van der Waals surface area (Å²) in [6, 6.07) is 7.96. The van der Waals surface area contributed by atoms with Gasteiger partial charge in [-0.25, -0.2) is 4.68 Å². The molecule has 7 heteroatoms. The number of aryl methyl sites for hydroxylation is 1. The fourth-order valence-corrected chi connectivity index (χ4v) is 4.37. The molecule has 0 bridgehead atoms. The number of pyridine rings is 1. The number of nitrogens with zero attached hydrogens (tertiary/aromatic N) is 4. The van der Waals surface area contributed by atoms with Crippen molar-refractivity contribution >= 4 is 10.9 Å². The number of hydrogen-bond donors (Lipinski definition) is 2. The van der Waals surface area contributed by atoms with Crippen molar-refractivity contribution in [3.8, 4) is 0 Å². The lowest BCUT2D eigenvalue weighted by Gasteiger charge is -2.34. The topological polar surface area (TPSA) is 80.9 Å². The zero-order valence-corrected chi connectivity index (χ0v) is 18.0. The molecule has 154 valence electrons. The Kier molecular flexibility index (Phi) is 5.02. The van der Waals surface area contributed by atoms with Crippen LogP contribution in [0.4, 0.5) is 0 Å². The number of benzene rings is 1. The molecule has 1 aliphatic heterocycles. The molecule has 7 nitrogen and oxygen atoms in total. The van der Waals surface area contributed by atoms with Crippen molar-refractivity contribution in [3.63, 3.8) is 0 Å². The molecular formula is C22H31N6O+. The number of aromatic amines is 1. The zero-order valence-electron chi connectivity index (χ0n) is 18.0. The fraction of sp³-hybridized carbons (Fsp3) is 0.545. The SMILES string of the molecule is Cc1ccc2[nH]c(=O)c([C@@H](c3nnnn3C(C)(C)C)[NH+]3CCC(C)CC3)cc2c1. The number of hydrogen-bond acceptors (Lipinski definition) is 4. The van der Waals surface area contributed by atoms with E-state index in [-0.39, 0.29) is 17.1 Å². The van der Waals surface area contributed by atoms with Crippen LogP contribution in [0.25, 0.3) is 10.9 Å². The predicted octanol–water partition coefficient (Wildman–Crippen LogP) is 1.98. The highest BCUT2D eigenvalue weighted by Gasteiger charge is 2.37. The number of aromatic nitrogens is 5. The summed E-state index contributed by atoms with van der Waals surface area (Å²) < 4.78 is 1.88. The van der Waals surface area contributed by atoms with Crippen LogP contribution in [-0.4, -0.2) is 38.3 Å². The van der Waals surface area contributed by atoms with E-state index in [1.54, 1.807) is 0 Å². The van der Waals surface area contributed by atoms with Gasteiger partial charge in [-0.2, -0.15) is 0 Å². The monoisotopic (exact) mass is 395 g/mol. The first kappa shape index (κ1) is 19.8. The standard InChI is InChI=1S/C22H30N6O/c1-14-8-10-27(11-9-14)19(20-24-25-26-28(20)22(3,4)5)17-13-16-12-15(2)6-7-18(16)23-21(17)29/h6-7,12-14,19H,8-11H2,1-5H3,(H,23,29)/p+1/t19-/m0/s1. The molecule has 3 aromatic rings. The fourth-order valence-electron chi connectivity index (χ4n) is 4.37. The number of tetrazole rings is 1. The Morgan fingerprint density at radius 1 is 1.21 bits per heavy atom. The summed E-state index contributed by atoms with van der Waals surface area (Å²) in [6.07, 6.45) is 2.29. The second-order valence-corrected chi connectivity index (χ2v) is 9.54. The number of H-pyrrole nitrogens is 1. The number of quaternary nitrogens is 1.